The summed E-state index contributed by atoms with van der Waals surface area (Å²) < 4.78 is 22.4. The minimum absolute atomic E-state index is 0.285. The predicted molar refractivity (Wildman–Crippen MR) is 117 cm³/mol. The molecule has 0 radical (unpaired) electrons. The van der Waals surface area contributed by atoms with Crippen LogP contribution in [-0.4, -0.2) is 19.7 Å². The fourth-order valence-electron chi connectivity index (χ4n) is 4.18. The zero-order chi connectivity index (χ0) is 21.5. The highest BCUT2D eigenvalue weighted by Crippen LogP contribution is 2.38. The van der Waals surface area contributed by atoms with Gasteiger partial charge in [0.05, 0.1) is 17.6 Å². The van der Waals surface area contributed by atoms with Gasteiger partial charge in [-0.15, -0.1) is 0 Å². The second-order valence-corrected chi connectivity index (χ2v) is 7.62. The number of anilines is 1. The van der Waals surface area contributed by atoms with Gasteiger partial charge in [0.1, 0.15) is 11.9 Å². The Morgan fingerprint density at radius 2 is 2.03 bits per heavy atom. The molecule has 3 aromatic heterocycles. The van der Waals surface area contributed by atoms with E-state index in [-0.39, 0.29) is 11.6 Å². The van der Waals surface area contributed by atoms with Gasteiger partial charge in [-0.1, -0.05) is 6.07 Å². The number of hydrogen-bond acceptors (Lipinski definition) is 5. The zero-order valence-electron chi connectivity index (χ0n) is 17.3. The van der Waals surface area contributed by atoms with Gasteiger partial charge < -0.3 is 10.5 Å². The number of hydrogen-bond donors (Lipinski definition) is 1. The van der Waals surface area contributed by atoms with E-state index in [0.29, 0.717) is 24.3 Å². The number of nitrogen functional groups attached to an aromatic ring is 1. The number of fused-ring (bicyclic) bond motifs is 7. The molecule has 0 saturated heterocycles. The number of aromatic nitrogens is 4. The second kappa shape index (κ2) is 7.50. The summed E-state index contributed by atoms with van der Waals surface area (Å²) in [6.07, 6.45) is 5.54. The first-order valence-corrected chi connectivity index (χ1v) is 10.3. The van der Waals surface area contributed by atoms with E-state index in [1.54, 1.807) is 18.5 Å². The molecular formula is C24H22FN5O. The van der Waals surface area contributed by atoms with Crippen LogP contribution in [0.1, 0.15) is 36.6 Å². The van der Waals surface area contributed by atoms with Crippen LogP contribution in [0.2, 0.25) is 0 Å². The van der Waals surface area contributed by atoms with E-state index in [4.69, 9.17) is 10.5 Å². The Morgan fingerprint density at radius 1 is 1.16 bits per heavy atom. The number of rotatable bonds is 1. The standard InChI is InChI=1S/C24H22FN5O/c1-3-30-23-16(13-29-30)9-15-5-4-8-27-22(15)19-7-6-18(25)11-20(19)14(2)31-21-10-17(23)12-28-24(21)26/h4-8,10-14H,3,9H2,1-2H3,(H2,26,28). The molecule has 0 saturated carbocycles. The molecule has 0 aliphatic carbocycles. The van der Waals surface area contributed by atoms with Gasteiger partial charge in [0.15, 0.2) is 11.6 Å². The van der Waals surface area contributed by atoms with E-state index >= 15 is 0 Å². The number of ether oxygens (including phenoxy) is 1. The SMILES string of the molecule is CCn1ncc2c1-c1cnc(N)c(c1)OC(C)c1cc(F)ccc1-c1ncccc1C2. The number of benzene rings is 1. The summed E-state index contributed by atoms with van der Waals surface area (Å²) in [5, 5.41) is 4.57. The smallest absolute Gasteiger partial charge is 0.166 e. The Labute approximate surface area is 179 Å². The second-order valence-electron chi connectivity index (χ2n) is 7.62. The maximum absolute atomic E-state index is 14.2. The van der Waals surface area contributed by atoms with Gasteiger partial charge in [-0.3, -0.25) is 9.67 Å². The number of pyridine rings is 2. The van der Waals surface area contributed by atoms with E-state index < -0.39 is 6.10 Å². The fourth-order valence-corrected chi connectivity index (χ4v) is 4.18. The molecule has 7 heteroatoms. The predicted octanol–water partition coefficient (Wildman–Crippen LogP) is 4.79. The van der Waals surface area contributed by atoms with Crippen molar-refractivity contribution < 1.29 is 9.13 Å². The van der Waals surface area contributed by atoms with Crippen molar-refractivity contribution in [1.82, 2.24) is 19.7 Å². The molecular weight excluding hydrogens is 393 g/mol. The van der Waals surface area contributed by atoms with Crippen molar-refractivity contribution in [3.05, 3.63) is 77.5 Å². The van der Waals surface area contributed by atoms with Crippen molar-refractivity contribution in [1.29, 1.82) is 0 Å². The summed E-state index contributed by atoms with van der Waals surface area (Å²) in [6.45, 7) is 4.64. The average molecular weight is 415 g/mol. The van der Waals surface area contributed by atoms with Gasteiger partial charge in [0.25, 0.3) is 0 Å². The molecule has 1 unspecified atom stereocenters. The molecule has 1 aromatic carbocycles. The summed E-state index contributed by atoms with van der Waals surface area (Å²) >= 11 is 0. The van der Waals surface area contributed by atoms with E-state index in [0.717, 1.165) is 33.6 Å². The van der Waals surface area contributed by atoms with Crippen molar-refractivity contribution in [3.8, 4) is 28.3 Å². The van der Waals surface area contributed by atoms with Crippen LogP contribution in [0.15, 0.2) is 55.0 Å². The highest BCUT2D eigenvalue weighted by atomic mass is 19.1. The third-order valence-electron chi connectivity index (χ3n) is 5.65. The lowest BCUT2D eigenvalue weighted by Crippen LogP contribution is -2.10. The van der Waals surface area contributed by atoms with Crippen LogP contribution in [0.4, 0.5) is 10.2 Å². The summed E-state index contributed by atoms with van der Waals surface area (Å²) in [7, 11) is 0. The van der Waals surface area contributed by atoms with Crippen LogP contribution in [0.5, 0.6) is 5.75 Å². The Kier molecular flexibility index (Phi) is 4.66. The van der Waals surface area contributed by atoms with Gasteiger partial charge >= 0.3 is 0 Å². The van der Waals surface area contributed by atoms with E-state index in [1.807, 2.05) is 42.9 Å². The molecule has 0 fully saturated rings. The van der Waals surface area contributed by atoms with E-state index in [2.05, 4.69) is 15.1 Å². The molecule has 31 heavy (non-hydrogen) atoms. The van der Waals surface area contributed by atoms with Crippen molar-refractivity contribution in [3.63, 3.8) is 0 Å². The lowest BCUT2D eigenvalue weighted by atomic mass is 9.93. The molecule has 2 bridgehead atoms. The van der Waals surface area contributed by atoms with Crippen molar-refractivity contribution >= 4 is 5.82 Å². The average Bonchev–Trinajstić information content (AvgIpc) is 3.17. The number of nitrogens with two attached hydrogens (primary N) is 1. The Balaban J connectivity index is 1.81. The lowest BCUT2D eigenvalue weighted by Gasteiger charge is -2.22. The molecule has 0 amide bonds. The van der Waals surface area contributed by atoms with Crippen LogP contribution < -0.4 is 10.5 Å². The molecule has 1 atom stereocenters. The summed E-state index contributed by atoms with van der Waals surface area (Å²) in [6, 6.07) is 10.6. The van der Waals surface area contributed by atoms with Crippen molar-refractivity contribution in [2.45, 2.75) is 32.9 Å². The van der Waals surface area contributed by atoms with Crippen LogP contribution in [0, 0.1) is 5.82 Å². The Hall–Kier alpha value is -3.74. The third-order valence-corrected chi connectivity index (χ3v) is 5.65. The van der Waals surface area contributed by atoms with Gasteiger partial charge in [-0.25, -0.2) is 9.37 Å². The molecule has 5 rings (SSSR count). The maximum atomic E-state index is 14.2. The molecule has 156 valence electrons. The monoisotopic (exact) mass is 415 g/mol. The minimum atomic E-state index is -0.463. The summed E-state index contributed by atoms with van der Waals surface area (Å²) in [5.74, 6) is 0.412. The van der Waals surface area contributed by atoms with Crippen LogP contribution in [0.3, 0.4) is 0 Å². The van der Waals surface area contributed by atoms with Crippen LogP contribution >= 0.6 is 0 Å². The Bertz CT molecular complexity index is 1280. The number of halogens is 1. The largest absolute Gasteiger partial charge is 0.482 e. The van der Waals surface area contributed by atoms with Crippen LogP contribution in [-0.2, 0) is 13.0 Å². The first-order valence-electron chi connectivity index (χ1n) is 10.3. The Morgan fingerprint density at radius 3 is 2.87 bits per heavy atom. The van der Waals surface area contributed by atoms with Gasteiger partial charge in [-0.05, 0) is 49.7 Å². The topological polar surface area (TPSA) is 78.9 Å². The maximum Gasteiger partial charge on any atom is 0.166 e. The molecule has 1 aliphatic rings. The first-order chi connectivity index (χ1) is 15.0. The molecule has 4 heterocycles. The zero-order valence-corrected chi connectivity index (χ0v) is 17.3. The van der Waals surface area contributed by atoms with Gasteiger partial charge in [0, 0.05) is 47.6 Å². The highest BCUT2D eigenvalue weighted by molar-refractivity contribution is 5.71. The normalized spacial score (nSPS) is 15.0. The summed E-state index contributed by atoms with van der Waals surface area (Å²) in [4.78, 5) is 9.02. The first kappa shape index (κ1) is 19.2. The van der Waals surface area contributed by atoms with E-state index in [1.165, 1.54) is 12.1 Å². The number of aryl methyl sites for hydroxylation is 1. The molecule has 2 N–H and O–H groups in total. The van der Waals surface area contributed by atoms with E-state index in [9.17, 15) is 4.39 Å². The number of nitrogens with zero attached hydrogens (tertiary/aromatic N) is 4. The van der Waals surface area contributed by atoms with Crippen molar-refractivity contribution in [2.24, 2.45) is 0 Å². The van der Waals surface area contributed by atoms with Gasteiger partial charge in [-0.2, -0.15) is 5.10 Å². The molecule has 0 spiro atoms. The van der Waals surface area contributed by atoms with Gasteiger partial charge in [0.2, 0.25) is 0 Å². The lowest BCUT2D eigenvalue weighted by molar-refractivity contribution is 0.227. The molecule has 4 aromatic rings. The highest BCUT2D eigenvalue weighted by Gasteiger charge is 2.23. The quantitative estimate of drug-likeness (QED) is 0.483. The van der Waals surface area contributed by atoms with Crippen molar-refractivity contribution in [2.75, 3.05) is 5.73 Å². The molecule has 1 aliphatic heterocycles. The molecule has 6 nitrogen and oxygen atoms in total. The van der Waals surface area contributed by atoms with Crippen LogP contribution in [0.25, 0.3) is 22.5 Å². The third kappa shape index (κ3) is 3.32. The minimum Gasteiger partial charge on any atom is -0.482 e. The summed E-state index contributed by atoms with van der Waals surface area (Å²) in [5.41, 5.74) is 12.4. The fraction of sp³-hybridized carbons (Fsp3) is 0.208.